The van der Waals surface area contributed by atoms with E-state index in [0.717, 1.165) is 27.8 Å². The second-order valence-electron chi connectivity index (χ2n) is 8.75. The van der Waals surface area contributed by atoms with Crippen LogP contribution in [0, 0.1) is 5.92 Å². The number of methoxy groups -OCH3 is 1. The molecule has 0 radical (unpaired) electrons. The Morgan fingerprint density at radius 3 is 2.30 bits per heavy atom. The zero-order valence-electron chi connectivity index (χ0n) is 18.7. The Kier molecular flexibility index (Phi) is 9.58. The second-order valence-corrected chi connectivity index (χ2v) is 9.60. The number of hydrogen-bond acceptors (Lipinski definition) is 2. The van der Waals surface area contributed by atoms with E-state index in [9.17, 15) is 0 Å². The highest BCUT2D eigenvalue weighted by molar-refractivity contribution is 9.10. The minimum Gasteiger partial charge on any atom is -0.497 e. The first-order chi connectivity index (χ1) is 14.7. The third-order valence-corrected chi connectivity index (χ3v) is 7.17. The highest BCUT2D eigenvalue weighted by atomic mass is 79.9. The molecule has 30 heavy (non-hydrogen) atoms. The molecule has 2 aromatic rings. The summed E-state index contributed by atoms with van der Waals surface area (Å²) in [4.78, 5) is 0. The Bertz CT molecular complexity index is 748. The summed E-state index contributed by atoms with van der Waals surface area (Å²) in [7, 11) is 1.67. The SMILES string of the molecule is CCCCCCC[C@H]1CC[C@H](c2ccc(COc3ccc(OC)cc3Br)cc2)CC1. The van der Waals surface area contributed by atoms with Crippen LogP contribution in [0.2, 0.25) is 0 Å². The van der Waals surface area contributed by atoms with Gasteiger partial charge in [0.1, 0.15) is 18.1 Å². The molecule has 0 aromatic heterocycles. The molecule has 1 aliphatic carbocycles. The fraction of sp³-hybridized carbons (Fsp3) is 0.556. The molecule has 164 valence electrons. The number of halogens is 1. The first kappa shape index (κ1) is 23.2. The van der Waals surface area contributed by atoms with Crippen molar-refractivity contribution in [1.29, 1.82) is 0 Å². The van der Waals surface area contributed by atoms with Crippen LogP contribution in [0.25, 0.3) is 0 Å². The number of benzene rings is 2. The zero-order valence-corrected chi connectivity index (χ0v) is 20.3. The van der Waals surface area contributed by atoms with E-state index in [1.165, 1.54) is 75.3 Å². The summed E-state index contributed by atoms with van der Waals surface area (Å²) in [5.41, 5.74) is 2.72. The van der Waals surface area contributed by atoms with Crippen LogP contribution in [-0.4, -0.2) is 7.11 Å². The minimum atomic E-state index is 0.579. The summed E-state index contributed by atoms with van der Waals surface area (Å²) in [5.74, 6) is 3.38. The lowest BCUT2D eigenvalue weighted by Crippen LogP contribution is -2.13. The normalized spacial score (nSPS) is 18.9. The van der Waals surface area contributed by atoms with Gasteiger partial charge in [0.2, 0.25) is 0 Å². The van der Waals surface area contributed by atoms with Crippen molar-refractivity contribution in [2.75, 3.05) is 7.11 Å². The van der Waals surface area contributed by atoms with E-state index in [4.69, 9.17) is 9.47 Å². The van der Waals surface area contributed by atoms with Crippen molar-refractivity contribution in [3.05, 3.63) is 58.1 Å². The van der Waals surface area contributed by atoms with Gasteiger partial charge in [-0.3, -0.25) is 0 Å². The molecule has 2 nitrogen and oxygen atoms in total. The van der Waals surface area contributed by atoms with E-state index in [2.05, 4.69) is 47.1 Å². The van der Waals surface area contributed by atoms with E-state index in [-0.39, 0.29) is 0 Å². The predicted molar refractivity (Wildman–Crippen MR) is 130 cm³/mol. The van der Waals surface area contributed by atoms with Crippen molar-refractivity contribution in [1.82, 2.24) is 0 Å². The van der Waals surface area contributed by atoms with Crippen molar-refractivity contribution >= 4 is 15.9 Å². The summed E-state index contributed by atoms with van der Waals surface area (Å²) >= 11 is 3.55. The van der Waals surface area contributed by atoms with Gasteiger partial charge in [-0.15, -0.1) is 0 Å². The van der Waals surface area contributed by atoms with Gasteiger partial charge >= 0.3 is 0 Å². The molecular formula is C27H37BrO2. The highest BCUT2D eigenvalue weighted by Gasteiger charge is 2.22. The topological polar surface area (TPSA) is 18.5 Å². The van der Waals surface area contributed by atoms with Crippen molar-refractivity contribution in [2.24, 2.45) is 5.92 Å². The third-order valence-electron chi connectivity index (χ3n) is 6.55. The lowest BCUT2D eigenvalue weighted by atomic mass is 9.77. The fourth-order valence-electron chi connectivity index (χ4n) is 4.59. The molecule has 1 saturated carbocycles. The molecule has 0 unspecified atom stereocenters. The molecule has 3 heteroatoms. The molecule has 2 aromatic carbocycles. The Hall–Kier alpha value is -1.48. The largest absolute Gasteiger partial charge is 0.497 e. The van der Waals surface area contributed by atoms with Gasteiger partial charge < -0.3 is 9.47 Å². The quantitative estimate of drug-likeness (QED) is 0.304. The average molecular weight is 473 g/mol. The molecule has 0 spiro atoms. The molecule has 1 aliphatic rings. The van der Waals surface area contributed by atoms with Crippen LogP contribution >= 0.6 is 15.9 Å². The van der Waals surface area contributed by atoms with Crippen LogP contribution in [0.3, 0.4) is 0 Å². The molecule has 0 N–H and O–H groups in total. The minimum absolute atomic E-state index is 0.579. The van der Waals surface area contributed by atoms with E-state index >= 15 is 0 Å². The van der Waals surface area contributed by atoms with E-state index in [1.807, 2.05) is 18.2 Å². The zero-order chi connectivity index (χ0) is 21.2. The van der Waals surface area contributed by atoms with Crippen molar-refractivity contribution < 1.29 is 9.47 Å². The van der Waals surface area contributed by atoms with Crippen LogP contribution in [0.15, 0.2) is 46.9 Å². The lowest BCUT2D eigenvalue weighted by Gasteiger charge is -2.29. The summed E-state index contributed by atoms with van der Waals surface area (Å²) < 4.78 is 12.1. The third kappa shape index (κ3) is 7.04. The van der Waals surface area contributed by atoms with Crippen LogP contribution in [-0.2, 0) is 6.61 Å². The molecule has 0 saturated heterocycles. The van der Waals surface area contributed by atoms with E-state index < -0.39 is 0 Å². The summed E-state index contributed by atoms with van der Waals surface area (Å²) in [6.45, 7) is 2.87. The van der Waals surface area contributed by atoms with Gasteiger partial charge in [-0.25, -0.2) is 0 Å². The maximum atomic E-state index is 5.98. The highest BCUT2D eigenvalue weighted by Crippen LogP contribution is 2.38. The maximum Gasteiger partial charge on any atom is 0.134 e. The van der Waals surface area contributed by atoms with Crippen molar-refractivity contribution in [3.8, 4) is 11.5 Å². The molecule has 3 rings (SSSR count). The standard InChI is InChI=1S/C27H37BrO2/c1-3-4-5-6-7-8-21-9-13-23(14-10-21)24-15-11-22(12-16-24)20-30-27-18-17-25(29-2)19-26(27)28/h11-12,15-19,21,23H,3-10,13-14,20H2,1-2H3/t21-,23-. The number of rotatable bonds is 11. The maximum absolute atomic E-state index is 5.98. The Morgan fingerprint density at radius 1 is 0.900 bits per heavy atom. The molecule has 0 amide bonds. The summed E-state index contributed by atoms with van der Waals surface area (Å²) in [6.07, 6.45) is 14.0. The number of ether oxygens (including phenoxy) is 2. The van der Waals surface area contributed by atoms with Gasteiger partial charge in [-0.2, -0.15) is 0 Å². The average Bonchev–Trinajstić information content (AvgIpc) is 2.79. The number of unbranched alkanes of at least 4 members (excludes halogenated alkanes) is 4. The van der Waals surface area contributed by atoms with Gasteiger partial charge in [-0.05, 0) is 82.8 Å². The molecule has 0 aliphatic heterocycles. The van der Waals surface area contributed by atoms with Crippen LogP contribution in [0.1, 0.15) is 88.2 Å². The van der Waals surface area contributed by atoms with Crippen LogP contribution in [0.4, 0.5) is 0 Å². The lowest BCUT2D eigenvalue weighted by molar-refractivity contribution is 0.300. The predicted octanol–water partition coefficient (Wildman–Crippen LogP) is 8.67. The van der Waals surface area contributed by atoms with E-state index in [0.29, 0.717) is 6.61 Å². The first-order valence-corrected chi connectivity index (χ1v) is 12.5. The Labute approximate surface area is 191 Å². The second kappa shape index (κ2) is 12.4. The Balaban J connectivity index is 1.41. The van der Waals surface area contributed by atoms with Crippen LogP contribution in [0.5, 0.6) is 11.5 Å². The summed E-state index contributed by atoms with van der Waals surface area (Å²) in [5, 5.41) is 0. The van der Waals surface area contributed by atoms with E-state index in [1.54, 1.807) is 7.11 Å². The molecule has 0 heterocycles. The first-order valence-electron chi connectivity index (χ1n) is 11.7. The van der Waals surface area contributed by atoms with Crippen LogP contribution < -0.4 is 9.47 Å². The van der Waals surface area contributed by atoms with Crippen molar-refractivity contribution in [2.45, 2.75) is 83.7 Å². The van der Waals surface area contributed by atoms with Crippen molar-refractivity contribution in [3.63, 3.8) is 0 Å². The fourth-order valence-corrected chi connectivity index (χ4v) is 5.07. The smallest absolute Gasteiger partial charge is 0.134 e. The van der Waals surface area contributed by atoms with Gasteiger partial charge in [0.05, 0.1) is 11.6 Å². The number of hydrogen-bond donors (Lipinski definition) is 0. The van der Waals surface area contributed by atoms with Gasteiger partial charge in [-0.1, -0.05) is 69.7 Å². The Morgan fingerprint density at radius 2 is 1.63 bits per heavy atom. The van der Waals surface area contributed by atoms with Gasteiger partial charge in [0.25, 0.3) is 0 Å². The molecular weight excluding hydrogens is 436 g/mol. The van der Waals surface area contributed by atoms with Gasteiger partial charge in [0, 0.05) is 0 Å². The molecule has 0 bridgehead atoms. The summed E-state index contributed by atoms with van der Waals surface area (Å²) in [6, 6.07) is 14.9. The molecule has 0 atom stereocenters. The monoisotopic (exact) mass is 472 g/mol. The van der Waals surface area contributed by atoms with Gasteiger partial charge in [0.15, 0.2) is 0 Å². The molecule has 1 fully saturated rings.